The van der Waals surface area contributed by atoms with Crippen molar-refractivity contribution in [1.82, 2.24) is 4.31 Å². The van der Waals surface area contributed by atoms with Crippen LogP contribution in [0.25, 0.3) is 0 Å². The normalized spacial score (nSPS) is 24.2. The van der Waals surface area contributed by atoms with Crippen LogP contribution in [-0.2, 0) is 14.8 Å². The average Bonchev–Trinajstić information content (AvgIpc) is 2.88. The fraction of sp³-hybridized carbons (Fsp3) is 0.500. The van der Waals surface area contributed by atoms with Gasteiger partial charge in [-0.1, -0.05) is 0 Å². The molecule has 2 atom stereocenters. The Morgan fingerprint density at radius 2 is 2.20 bits per heavy atom. The van der Waals surface area contributed by atoms with Crippen molar-refractivity contribution < 1.29 is 13.2 Å². The molecule has 0 bridgehead atoms. The molecule has 2 rings (SSSR count). The zero-order chi connectivity index (χ0) is 14.9. The Kier molecular flexibility index (Phi) is 4.13. The quantitative estimate of drug-likeness (QED) is 0.894. The summed E-state index contributed by atoms with van der Waals surface area (Å²) in [5, 5.41) is 8.78. The molecule has 1 saturated heterocycles. The monoisotopic (exact) mass is 313 g/mol. The van der Waals surface area contributed by atoms with Crippen LogP contribution in [0, 0.1) is 17.2 Å². The van der Waals surface area contributed by atoms with Crippen molar-refractivity contribution >= 4 is 27.3 Å². The molecule has 2 unspecified atom stereocenters. The molecular weight excluding hydrogens is 298 g/mol. The second kappa shape index (κ2) is 5.52. The molecule has 0 saturated carbocycles. The number of hydrogen-bond acceptors (Lipinski definition) is 5. The minimum Gasteiger partial charge on any atom is -0.369 e. The lowest BCUT2D eigenvalue weighted by Crippen LogP contribution is -2.48. The standard InChI is InChI=1S/C12H15N3O3S2/c1-8-2-3-9(12(14)16)7-15(8)20(17,18)11-5-4-10(6-13)19-11/h4-5,8-9H,2-3,7H2,1H3,(H2,14,16). The highest BCUT2D eigenvalue weighted by molar-refractivity contribution is 7.91. The van der Waals surface area contributed by atoms with Crippen LogP contribution < -0.4 is 5.73 Å². The van der Waals surface area contributed by atoms with Crippen LogP contribution in [0.5, 0.6) is 0 Å². The highest BCUT2D eigenvalue weighted by atomic mass is 32.2. The zero-order valence-electron chi connectivity index (χ0n) is 10.9. The molecule has 0 radical (unpaired) electrons. The number of rotatable bonds is 3. The summed E-state index contributed by atoms with van der Waals surface area (Å²) in [6.07, 6.45) is 1.21. The van der Waals surface area contributed by atoms with E-state index in [0.717, 1.165) is 11.3 Å². The predicted molar refractivity (Wildman–Crippen MR) is 74.3 cm³/mol. The number of nitrogens with zero attached hydrogens (tertiary/aromatic N) is 2. The SMILES string of the molecule is CC1CCC(C(N)=O)CN1S(=O)(=O)c1ccc(C#N)s1. The second-order valence-electron chi connectivity index (χ2n) is 4.83. The third-order valence-corrected chi connectivity index (χ3v) is 6.92. The summed E-state index contributed by atoms with van der Waals surface area (Å²) in [4.78, 5) is 11.6. The van der Waals surface area contributed by atoms with E-state index in [1.807, 2.05) is 13.0 Å². The molecule has 8 heteroatoms. The first kappa shape index (κ1) is 15.0. The van der Waals surface area contributed by atoms with E-state index in [2.05, 4.69) is 0 Å². The molecule has 2 N–H and O–H groups in total. The number of amides is 1. The van der Waals surface area contributed by atoms with Crippen LogP contribution >= 0.6 is 11.3 Å². The Bertz CT molecular complexity index is 660. The lowest BCUT2D eigenvalue weighted by atomic mass is 9.95. The number of primary amides is 1. The third kappa shape index (κ3) is 2.70. The minimum atomic E-state index is -3.67. The lowest BCUT2D eigenvalue weighted by molar-refractivity contribution is -0.123. The Labute approximate surface area is 121 Å². The maximum atomic E-state index is 12.6. The van der Waals surface area contributed by atoms with Gasteiger partial charge in [0.1, 0.15) is 15.2 Å². The van der Waals surface area contributed by atoms with Crippen molar-refractivity contribution in [2.24, 2.45) is 11.7 Å². The second-order valence-corrected chi connectivity index (χ2v) is 8.03. The molecule has 1 aliphatic heterocycles. The Balaban J connectivity index is 2.32. The van der Waals surface area contributed by atoms with Gasteiger partial charge in [-0.25, -0.2) is 8.42 Å². The molecule has 0 spiro atoms. The summed E-state index contributed by atoms with van der Waals surface area (Å²) in [6.45, 7) is 1.92. The molecule has 20 heavy (non-hydrogen) atoms. The number of sulfonamides is 1. The van der Waals surface area contributed by atoms with Crippen LogP contribution in [0.3, 0.4) is 0 Å². The first-order chi connectivity index (χ1) is 9.36. The van der Waals surface area contributed by atoms with Gasteiger partial charge < -0.3 is 5.73 Å². The molecule has 0 aliphatic carbocycles. The van der Waals surface area contributed by atoms with Gasteiger partial charge in [-0.3, -0.25) is 4.79 Å². The summed E-state index contributed by atoms with van der Waals surface area (Å²) in [6, 6.07) is 4.66. The van der Waals surface area contributed by atoms with Crippen molar-refractivity contribution in [2.75, 3.05) is 6.54 Å². The summed E-state index contributed by atoms with van der Waals surface area (Å²) in [5.74, 6) is -0.919. The van der Waals surface area contributed by atoms with Crippen molar-refractivity contribution in [3.63, 3.8) is 0 Å². The van der Waals surface area contributed by atoms with Gasteiger partial charge in [-0.05, 0) is 31.9 Å². The van der Waals surface area contributed by atoms with E-state index < -0.39 is 21.8 Å². The predicted octanol–water partition coefficient (Wildman–Crippen LogP) is 0.894. The number of piperidine rings is 1. The Morgan fingerprint density at radius 3 is 2.75 bits per heavy atom. The summed E-state index contributed by atoms with van der Waals surface area (Å²) in [7, 11) is -3.67. The Hall–Kier alpha value is -1.43. The van der Waals surface area contributed by atoms with Gasteiger partial charge >= 0.3 is 0 Å². The maximum absolute atomic E-state index is 12.6. The first-order valence-electron chi connectivity index (χ1n) is 6.17. The van der Waals surface area contributed by atoms with E-state index in [9.17, 15) is 13.2 Å². The van der Waals surface area contributed by atoms with Gasteiger partial charge in [0.15, 0.2) is 0 Å². The van der Waals surface area contributed by atoms with Gasteiger partial charge in [0.25, 0.3) is 10.0 Å². The topological polar surface area (TPSA) is 104 Å². The molecule has 0 aromatic carbocycles. The van der Waals surface area contributed by atoms with E-state index in [1.165, 1.54) is 16.4 Å². The minimum absolute atomic E-state index is 0.110. The van der Waals surface area contributed by atoms with Gasteiger partial charge in [0.05, 0.1) is 5.92 Å². The van der Waals surface area contributed by atoms with Gasteiger partial charge in [-0.2, -0.15) is 9.57 Å². The van der Waals surface area contributed by atoms with Crippen LogP contribution in [0.2, 0.25) is 0 Å². The molecule has 108 valence electrons. The van der Waals surface area contributed by atoms with Crippen LogP contribution in [0.4, 0.5) is 0 Å². The molecule has 1 amide bonds. The number of nitriles is 1. The van der Waals surface area contributed by atoms with Gasteiger partial charge in [-0.15, -0.1) is 11.3 Å². The molecule has 2 heterocycles. The van der Waals surface area contributed by atoms with Crippen molar-refractivity contribution in [3.8, 4) is 6.07 Å². The maximum Gasteiger partial charge on any atom is 0.252 e. The number of hydrogen-bond donors (Lipinski definition) is 1. The summed E-state index contributed by atoms with van der Waals surface area (Å²) in [5.41, 5.74) is 5.28. The van der Waals surface area contributed by atoms with Crippen molar-refractivity contribution in [2.45, 2.75) is 30.0 Å². The number of thiophene rings is 1. The zero-order valence-corrected chi connectivity index (χ0v) is 12.6. The highest BCUT2D eigenvalue weighted by Crippen LogP contribution is 2.31. The number of nitrogens with two attached hydrogens (primary N) is 1. The van der Waals surface area contributed by atoms with Crippen LogP contribution in [0.15, 0.2) is 16.3 Å². The smallest absolute Gasteiger partial charge is 0.252 e. The first-order valence-corrected chi connectivity index (χ1v) is 8.43. The highest BCUT2D eigenvalue weighted by Gasteiger charge is 2.37. The van der Waals surface area contributed by atoms with E-state index in [0.29, 0.717) is 17.7 Å². The average molecular weight is 313 g/mol. The number of carbonyl (C=O) groups is 1. The molecule has 6 nitrogen and oxygen atoms in total. The van der Waals surface area contributed by atoms with E-state index in [4.69, 9.17) is 11.0 Å². The van der Waals surface area contributed by atoms with E-state index >= 15 is 0 Å². The van der Waals surface area contributed by atoms with E-state index in [1.54, 1.807) is 0 Å². The van der Waals surface area contributed by atoms with Crippen molar-refractivity contribution in [3.05, 3.63) is 17.0 Å². The molecule has 1 aliphatic rings. The van der Waals surface area contributed by atoms with Crippen LogP contribution in [-0.4, -0.2) is 31.2 Å². The van der Waals surface area contributed by atoms with Crippen molar-refractivity contribution in [1.29, 1.82) is 5.26 Å². The third-order valence-electron chi connectivity index (χ3n) is 3.48. The molecule has 1 aromatic heterocycles. The lowest BCUT2D eigenvalue weighted by Gasteiger charge is -2.35. The molecule has 1 aromatic rings. The summed E-state index contributed by atoms with van der Waals surface area (Å²) >= 11 is 0.938. The van der Waals surface area contributed by atoms with Crippen LogP contribution in [0.1, 0.15) is 24.6 Å². The Morgan fingerprint density at radius 1 is 1.50 bits per heavy atom. The van der Waals surface area contributed by atoms with Gasteiger partial charge in [0, 0.05) is 12.6 Å². The number of carbonyl (C=O) groups excluding carboxylic acids is 1. The fourth-order valence-corrected chi connectivity index (χ4v) is 5.22. The molecule has 1 fully saturated rings. The molecular formula is C12H15N3O3S2. The largest absolute Gasteiger partial charge is 0.369 e. The van der Waals surface area contributed by atoms with E-state index in [-0.39, 0.29) is 16.8 Å². The summed E-state index contributed by atoms with van der Waals surface area (Å²) < 4.78 is 26.6. The fourth-order valence-electron chi connectivity index (χ4n) is 2.28. The van der Waals surface area contributed by atoms with Gasteiger partial charge in [0.2, 0.25) is 5.91 Å².